The van der Waals surface area contributed by atoms with Crippen LogP contribution in [-0.4, -0.2) is 18.5 Å². The Morgan fingerprint density at radius 2 is 1.44 bits per heavy atom. The lowest BCUT2D eigenvalue weighted by Crippen LogP contribution is -2.29. The van der Waals surface area contributed by atoms with Gasteiger partial charge in [0.1, 0.15) is 5.60 Å². The van der Waals surface area contributed by atoms with Crippen LogP contribution in [0.3, 0.4) is 0 Å². The van der Waals surface area contributed by atoms with Gasteiger partial charge < -0.3 is 9.47 Å². The van der Waals surface area contributed by atoms with Crippen LogP contribution in [0.4, 0.5) is 0 Å². The molecule has 0 aliphatic rings. The number of rotatable bonds is 7. The molecule has 0 saturated carbocycles. The second kappa shape index (κ2) is 9.68. The van der Waals surface area contributed by atoms with Crippen molar-refractivity contribution in [1.29, 1.82) is 0 Å². The van der Waals surface area contributed by atoms with Gasteiger partial charge in [0, 0.05) is 0 Å². The zero-order chi connectivity index (χ0) is 24.3. The van der Waals surface area contributed by atoms with Crippen LogP contribution in [0.5, 0.6) is 0 Å². The molecule has 0 spiro atoms. The number of benzene rings is 4. The Bertz CT molecular complexity index is 1340. The Balaban J connectivity index is 1.57. The second-order valence-electron chi connectivity index (χ2n) is 9.24. The SMILES string of the molecule is CCC(C)C(=O)OCC(=O)OC(C)(C)c1ccc2cc3ccc(-c4ccccc4)cc3cc2c1. The number of hydrogen-bond acceptors (Lipinski definition) is 4. The van der Waals surface area contributed by atoms with Crippen molar-refractivity contribution in [2.75, 3.05) is 6.61 Å². The average molecular weight is 455 g/mol. The molecule has 0 saturated heterocycles. The van der Waals surface area contributed by atoms with Crippen molar-refractivity contribution >= 4 is 33.5 Å². The average Bonchev–Trinajstić information content (AvgIpc) is 2.85. The maximum atomic E-state index is 12.4. The largest absolute Gasteiger partial charge is 0.453 e. The Morgan fingerprint density at radius 3 is 2.15 bits per heavy atom. The quantitative estimate of drug-likeness (QED) is 0.222. The van der Waals surface area contributed by atoms with Gasteiger partial charge in [-0.05, 0) is 82.8 Å². The van der Waals surface area contributed by atoms with Gasteiger partial charge >= 0.3 is 11.9 Å². The van der Waals surface area contributed by atoms with Gasteiger partial charge in [0.05, 0.1) is 5.92 Å². The van der Waals surface area contributed by atoms with E-state index in [0.717, 1.165) is 21.7 Å². The molecule has 0 bridgehead atoms. The van der Waals surface area contributed by atoms with Crippen molar-refractivity contribution in [3.05, 3.63) is 84.4 Å². The predicted molar refractivity (Wildman–Crippen MR) is 136 cm³/mol. The standard InChI is InChI=1S/C30H30O4/c1-5-20(2)29(32)33-19-28(31)34-30(3,4)27-14-13-24-15-23-12-11-22(21-9-7-6-8-10-21)16-25(23)17-26(24)18-27/h6-18,20H,5,19H2,1-4H3. The third-order valence-electron chi connectivity index (χ3n) is 6.31. The van der Waals surface area contributed by atoms with Crippen LogP contribution >= 0.6 is 0 Å². The fourth-order valence-electron chi connectivity index (χ4n) is 3.99. The van der Waals surface area contributed by atoms with Crippen molar-refractivity contribution in [3.63, 3.8) is 0 Å². The van der Waals surface area contributed by atoms with Gasteiger partial charge in [-0.25, -0.2) is 4.79 Å². The van der Waals surface area contributed by atoms with Gasteiger partial charge in [-0.15, -0.1) is 0 Å². The molecule has 1 atom stereocenters. The van der Waals surface area contributed by atoms with Crippen molar-refractivity contribution < 1.29 is 19.1 Å². The number of carbonyl (C=O) groups is 2. The molecule has 0 fully saturated rings. The summed E-state index contributed by atoms with van der Waals surface area (Å²) in [6, 6.07) is 27.3. The zero-order valence-electron chi connectivity index (χ0n) is 20.1. The minimum absolute atomic E-state index is 0.237. The van der Waals surface area contributed by atoms with E-state index in [9.17, 15) is 9.59 Å². The lowest BCUT2D eigenvalue weighted by atomic mass is 9.93. The van der Waals surface area contributed by atoms with E-state index in [1.54, 1.807) is 6.92 Å². The van der Waals surface area contributed by atoms with Gasteiger partial charge in [-0.1, -0.05) is 68.4 Å². The summed E-state index contributed by atoms with van der Waals surface area (Å²) in [6.07, 6.45) is 0.665. The molecule has 4 nitrogen and oxygen atoms in total. The molecule has 4 heteroatoms. The molecular formula is C30H30O4. The second-order valence-corrected chi connectivity index (χ2v) is 9.24. The van der Waals surface area contributed by atoms with Crippen LogP contribution in [0.25, 0.3) is 32.7 Å². The number of fused-ring (bicyclic) bond motifs is 2. The van der Waals surface area contributed by atoms with Crippen LogP contribution in [0, 0.1) is 5.92 Å². The van der Waals surface area contributed by atoms with Crippen molar-refractivity contribution in [3.8, 4) is 11.1 Å². The molecule has 0 radical (unpaired) electrons. The van der Waals surface area contributed by atoms with E-state index < -0.39 is 11.6 Å². The number of hydrogen-bond donors (Lipinski definition) is 0. The van der Waals surface area contributed by atoms with Gasteiger partial charge in [-0.2, -0.15) is 0 Å². The number of esters is 2. The Kier molecular flexibility index (Phi) is 6.69. The van der Waals surface area contributed by atoms with Gasteiger partial charge in [0.2, 0.25) is 0 Å². The van der Waals surface area contributed by atoms with E-state index >= 15 is 0 Å². The molecule has 0 aliphatic carbocycles. The third kappa shape index (κ3) is 5.12. The molecular weight excluding hydrogens is 424 g/mol. The molecule has 4 rings (SSSR count). The molecule has 4 aromatic rings. The van der Waals surface area contributed by atoms with E-state index in [0.29, 0.717) is 6.42 Å². The third-order valence-corrected chi connectivity index (χ3v) is 6.31. The van der Waals surface area contributed by atoms with Crippen LogP contribution in [0.15, 0.2) is 78.9 Å². The van der Waals surface area contributed by atoms with Crippen molar-refractivity contribution in [2.24, 2.45) is 5.92 Å². The molecule has 1 unspecified atom stereocenters. The summed E-state index contributed by atoms with van der Waals surface area (Å²) in [5, 5.41) is 4.52. The molecule has 0 aromatic heterocycles. The summed E-state index contributed by atoms with van der Waals surface area (Å²) < 4.78 is 10.8. The minimum atomic E-state index is -0.866. The predicted octanol–water partition coefficient (Wildman–Crippen LogP) is 7.03. The first kappa shape index (κ1) is 23.5. The van der Waals surface area contributed by atoms with E-state index in [-0.39, 0.29) is 18.5 Å². The lowest BCUT2D eigenvalue weighted by Gasteiger charge is -2.26. The van der Waals surface area contributed by atoms with Crippen LogP contribution < -0.4 is 0 Å². The van der Waals surface area contributed by atoms with Gasteiger partial charge in [0.15, 0.2) is 6.61 Å². The summed E-state index contributed by atoms with van der Waals surface area (Å²) in [7, 11) is 0. The number of carbonyl (C=O) groups excluding carboxylic acids is 2. The lowest BCUT2D eigenvalue weighted by molar-refractivity contribution is -0.169. The topological polar surface area (TPSA) is 52.6 Å². The smallest absolute Gasteiger partial charge is 0.345 e. The van der Waals surface area contributed by atoms with Crippen LogP contribution in [0.1, 0.15) is 39.7 Å². The minimum Gasteiger partial charge on any atom is -0.453 e. The maximum absolute atomic E-state index is 12.4. The Morgan fingerprint density at radius 1 is 0.794 bits per heavy atom. The normalized spacial score (nSPS) is 12.5. The zero-order valence-corrected chi connectivity index (χ0v) is 20.1. The first-order chi connectivity index (χ1) is 16.3. The summed E-state index contributed by atoms with van der Waals surface area (Å²) in [5.74, 6) is -1.18. The highest BCUT2D eigenvalue weighted by Gasteiger charge is 2.26. The molecule has 0 N–H and O–H groups in total. The van der Waals surface area contributed by atoms with Gasteiger partial charge in [0.25, 0.3) is 0 Å². The van der Waals surface area contributed by atoms with Crippen molar-refractivity contribution in [2.45, 2.75) is 39.7 Å². The van der Waals surface area contributed by atoms with E-state index in [4.69, 9.17) is 9.47 Å². The molecule has 0 heterocycles. The van der Waals surface area contributed by atoms with Gasteiger partial charge in [-0.3, -0.25) is 4.79 Å². The highest BCUT2D eigenvalue weighted by molar-refractivity contribution is 6.00. The van der Waals surface area contributed by atoms with Crippen LogP contribution in [-0.2, 0) is 24.7 Å². The Labute approximate surface area is 200 Å². The van der Waals surface area contributed by atoms with Crippen LogP contribution in [0.2, 0.25) is 0 Å². The Hall–Kier alpha value is -3.66. The number of ether oxygens (including phenoxy) is 2. The van der Waals surface area contributed by atoms with E-state index in [1.807, 2.05) is 51.1 Å². The highest BCUT2D eigenvalue weighted by Crippen LogP contribution is 2.32. The first-order valence-corrected chi connectivity index (χ1v) is 11.7. The molecule has 0 amide bonds. The fourth-order valence-corrected chi connectivity index (χ4v) is 3.99. The summed E-state index contributed by atoms with van der Waals surface area (Å²) >= 11 is 0. The molecule has 174 valence electrons. The summed E-state index contributed by atoms with van der Waals surface area (Å²) in [5.41, 5.74) is 2.36. The molecule has 4 aromatic carbocycles. The molecule has 0 aliphatic heterocycles. The fraction of sp³-hybridized carbons (Fsp3) is 0.267. The van der Waals surface area contributed by atoms with Crippen molar-refractivity contribution in [1.82, 2.24) is 0 Å². The highest BCUT2D eigenvalue weighted by atomic mass is 16.6. The molecule has 34 heavy (non-hydrogen) atoms. The first-order valence-electron chi connectivity index (χ1n) is 11.7. The van der Waals surface area contributed by atoms with E-state index in [1.165, 1.54) is 16.5 Å². The van der Waals surface area contributed by atoms with E-state index in [2.05, 4.69) is 48.5 Å². The monoisotopic (exact) mass is 454 g/mol. The maximum Gasteiger partial charge on any atom is 0.345 e. The summed E-state index contributed by atoms with van der Waals surface area (Å²) in [4.78, 5) is 24.2. The summed E-state index contributed by atoms with van der Waals surface area (Å²) in [6.45, 7) is 6.99.